The summed E-state index contributed by atoms with van der Waals surface area (Å²) in [5, 5.41) is 13.8. The maximum atomic E-state index is 14.2. The Bertz CT molecular complexity index is 1500. The standard InChI is InChI=1S/C30H40N3O10P/c1-5-7-8-9-17-40-27(36)20(3)32-44(38,43-22-12-11-21(10-6-2)18-23(22)39-4)41-19-24-26(35)30(14-15-30)28(42-24)33-16-13-25(34)31-29(33)37/h5-6,11-13,16,18,20,24,26,28,35H,1-2,7-10,14-15,17,19H2,3-4H3,(H,32,38)(H,31,34,37)/t20-,24-,26-,28-,44?/m1/s1. The number of carbonyl (C=O) groups excluding carboxylic acids is 1. The summed E-state index contributed by atoms with van der Waals surface area (Å²) >= 11 is 0. The number of unbranched alkanes of at least 4 members (excludes halogenated alkanes) is 2. The Kier molecular flexibility index (Phi) is 11.0. The van der Waals surface area contributed by atoms with Crippen molar-refractivity contribution in [2.75, 3.05) is 20.3 Å². The van der Waals surface area contributed by atoms with Crippen LogP contribution in [0, 0.1) is 5.41 Å². The summed E-state index contributed by atoms with van der Waals surface area (Å²) in [4.78, 5) is 39.0. The first-order valence-electron chi connectivity index (χ1n) is 14.5. The fourth-order valence-electron chi connectivity index (χ4n) is 5.11. The van der Waals surface area contributed by atoms with Crippen molar-refractivity contribution in [2.45, 2.75) is 69.9 Å². The zero-order chi connectivity index (χ0) is 31.9. The van der Waals surface area contributed by atoms with Crippen LogP contribution < -0.4 is 25.6 Å². The van der Waals surface area contributed by atoms with Crippen LogP contribution in [0.5, 0.6) is 11.5 Å². The number of carbonyl (C=O) groups is 1. The van der Waals surface area contributed by atoms with E-state index < -0.39 is 61.5 Å². The van der Waals surface area contributed by atoms with E-state index in [1.54, 1.807) is 30.4 Å². The van der Waals surface area contributed by atoms with Crippen molar-refractivity contribution in [3.05, 3.63) is 82.2 Å². The molecule has 1 aromatic heterocycles. The SMILES string of the molecule is C=CCCCCOC(=O)[C@@H](C)NP(=O)(OC[C@H]1O[C@@H](n2ccc(=O)[nH]c2=O)C2(CC2)[C@@H]1O)Oc1ccc(CC=C)cc1OC. The van der Waals surface area contributed by atoms with E-state index in [1.165, 1.54) is 30.9 Å². The van der Waals surface area contributed by atoms with Gasteiger partial charge >= 0.3 is 19.4 Å². The fraction of sp³-hybridized carbons (Fsp3) is 0.500. The van der Waals surface area contributed by atoms with Crippen LogP contribution in [0.25, 0.3) is 0 Å². The van der Waals surface area contributed by atoms with E-state index in [0.29, 0.717) is 25.7 Å². The molecule has 4 rings (SSSR count). The molecule has 1 aliphatic carbocycles. The predicted molar refractivity (Wildman–Crippen MR) is 162 cm³/mol. The van der Waals surface area contributed by atoms with Gasteiger partial charge in [0.25, 0.3) is 5.56 Å². The molecule has 2 aliphatic rings. The summed E-state index contributed by atoms with van der Waals surface area (Å²) < 4.78 is 43.9. The highest BCUT2D eigenvalue weighted by molar-refractivity contribution is 7.52. The van der Waals surface area contributed by atoms with E-state index in [-0.39, 0.29) is 18.1 Å². The quantitative estimate of drug-likeness (QED) is 0.101. The van der Waals surface area contributed by atoms with E-state index in [2.05, 4.69) is 23.2 Å². The summed E-state index contributed by atoms with van der Waals surface area (Å²) in [7, 11) is -2.92. The number of aromatic amines is 1. The zero-order valence-corrected chi connectivity index (χ0v) is 25.8. The van der Waals surface area contributed by atoms with Crippen LogP contribution in [-0.4, -0.2) is 59.2 Å². The molecule has 1 aromatic carbocycles. The van der Waals surface area contributed by atoms with Crippen molar-refractivity contribution >= 4 is 13.7 Å². The van der Waals surface area contributed by atoms with Crippen LogP contribution in [0.1, 0.15) is 50.8 Å². The van der Waals surface area contributed by atoms with Gasteiger partial charge in [0.05, 0.1) is 26.4 Å². The van der Waals surface area contributed by atoms with E-state index in [4.69, 9.17) is 23.3 Å². The number of aliphatic hydroxyl groups excluding tert-OH is 1. The molecule has 1 aliphatic heterocycles. The van der Waals surface area contributed by atoms with Crippen LogP contribution in [0.15, 0.2) is 65.4 Å². The zero-order valence-electron chi connectivity index (χ0n) is 24.9. The molecule has 2 fully saturated rings. The van der Waals surface area contributed by atoms with Crippen LogP contribution in [-0.2, 0) is 29.8 Å². The van der Waals surface area contributed by atoms with E-state index in [1.807, 2.05) is 0 Å². The van der Waals surface area contributed by atoms with Crippen LogP contribution in [0.2, 0.25) is 0 Å². The number of allylic oxidation sites excluding steroid dienone is 2. The monoisotopic (exact) mass is 633 g/mol. The third kappa shape index (κ3) is 7.77. The molecule has 14 heteroatoms. The van der Waals surface area contributed by atoms with Gasteiger partial charge in [0.1, 0.15) is 18.4 Å². The first kappa shape index (κ1) is 33.4. The van der Waals surface area contributed by atoms with Gasteiger partial charge in [0.2, 0.25) is 0 Å². The number of rotatable bonds is 17. The molecule has 1 unspecified atom stereocenters. The maximum absolute atomic E-state index is 14.2. The summed E-state index contributed by atoms with van der Waals surface area (Å²) in [5.74, 6) is -0.291. The molecule has 0 amide bonds. The van der Waals surface area contributed by atoms with E-state index >= 15 is 0 Å². The predicted octanol–water partition coefficient (Wildman–Crippen LogP) is 3.39. The molecule has 0 radical (unpaired) electrons. The van der Waals surface area contributed by atoms with Crippen LogP contribution >= 0.6 is 7.75 Å². The molecule has 0 bridgehead atoms. The molecule has 2 aromatic rings. The molecule has 13 nitrogen and oxygen atoms in total. The second-order valence-corrected chi connectivity index (χ2v) is 12.6. The molecular weight excluding hydrogens is 593 g/mol. The van der Waals surface area contributed by atoms with Gasteiger partial charge in [0.15, 0.2) is 11.5 Å². The largest absolute Gasteiger partial charge is 0.493 e. The molecule has 3 N–H and O–H groups in total. The van der Waals surface area contributed by atoms with Gasteiger partial charge in [0, 0.05) is 17.7 Å². The lowest BCUT2D eigenvalue weighted by Crippen LogP contribution is -2.37. The highest BCUT2D eigenvalue weighted by Gasteiger charge is 2.64. The van der Waals surface area contributed by atoms with Crippen molar-refractivity contribution in [1.29, 1.82) is 0 Å². The van der Waals surface area contributed by atoms with Crippen molar-refractivity contribution in [3.8, 4) is 11.5 Å². The summed E-state index contributed by atoms with van der Waals surface area (Å²) in [6.45, 7) is 8.63. The number of hydrogen-bond donors (Lipinski definition) is 3. The number of esters is 1. The Labute approximate surface area is 255 Å². The Hall–Kier alpha value is -3.48. The number of H-pyrrole nitrogens is 1. The average molecular weight is 634 g/mol. The van der Waals surface area contributed by atoms with Crippen molar-refractivity contribution in [3.63, 3.8) is 0 Å². The number of aromatic nitrogens is 2. The lowest BCUT2D eigenvalue weighted by molar-refractivity contribution is -0.145. The summed E-state index contributed by atoms with van der Waals surface area (Å²) in [6, 6.07) is 5.11. The Morgan fingerprint density at radius 1 is 1.25 bits per heavy atom. The Morgan fingerprint density at radius 3 is 2.68 bits per heavy atom. The average Bonchev–Trinajstić information content (AvgIpc) is 3.75. The van der Waals surface area contributed by atoms with Crippen molar-refractivity contribution in [2.24, 2.45) is 5.41 Å². The van der Waals surface area contributed by atoms with E-state index in [9.17, 15) is 24.1 Å². The number of aliphatic hydroxyl groups is 1. The maximum Gasteiger partial charge on any atom is 0.459 e. The summed E-state index contributed by atoms with van der Waals surface area (Å²) in [5.41, 5.74) is -1.14. The Balaban J connectivity index is 1.52. The number of methoxy groups -OCH3 is 1. The molecule has 1 saturated heterocycles. The second-order valence-electron chi connectivity index (χ2n) is 10.9. The minimum atomic E-state index is -4.35. The smallest absolute Gasteiger partial charge is 0.459 e. The highest BCUT2D eigenvalue weighted by atomic mass is 31.2. The lowest BCUT2D eigenvalue weighted by Gasteiger charge is -2.25. The first-order valence-corrected chi connectivity index (χ1v) is 16.0. The number of hydrogen-bond acceptors (Lipinski definition) is 10. The Morgan fingerprint density at radius 2 is 2.02 bits per heavy atom. The number of nitrogens with one attached hydrogen (secondary N) is 2. The van der Waals surface area contributed by atoms with Crippen molar-refractivity contribution in [1.82, 2.24) is 14.6 Å². The molecule has 2 heterocycles. The minimum absolute atomic E-state index is 0.0883. The van der Waals surface area contributed by atoms with Gasteiger partial charge in [-0.05, 0) is 63.1 Å². The normalized spacial score (nSPS) is 22.1. The molecule has 5 atom stereocenters. The van der Waals surface area contributed by atoms with Gasteiger partial charge < -0.3 is 23.8 Å². The molecule has 1 saturated carbocycles. The topological polar surface area (TPSA) is 167 Å². The third-order valence-electron chi connectivity index (χ3n) is 7.66. The summed E-state index contributed by atoms with van der Waals surface area (Å²) in [6.07, 6.45) is 5.80. The molecule has 240 valence electrons. The number of nitrogens with zero attached hydrogens (tertiary/aromatic N) is 1. The van der Waals surface area contributed by atoms with Gasteiger partial charge in [-0.1, -0.05) is 18.2 Å². The second kappa shape index (κ2) is 14.5. The third-order valence-corrected chi connectivity index (χ3v) is 9.29. The minimum Gasteiger partial charge on any atom is -0.493 e. The number of benzene rings is 1. The van der Waals surface area contributed by atoms with Crippen LogP contribution in [0.4, 0.5) is 0 Å². The lowest BCUT2D eigenvalue weighted by atomic mass is 9.96. The van der Waals surface area contributed by atoms with Gasteiger partial charge in [-0.3, -0.25) is 23.7 Å². The molecule has 1 spiro atoms. The van der Waals surface area contributed by atoms with Gasteiger partial charge in [-0.15, -0.1) is 13.2 Å². The van der Waals surface area contributed by atoms with Gasteiger partial charge in [-0.25, -0.2) is 9.36 Å². The molecule has 44 heavy (non-hydrogen) atoms. The molecular formula is C30H40N3O10P. The van der Waals surface area contributed by atoms with Crippen molar-refractivity contribution < 1.29 is 37.7 Å². The van der Waals surface area contributed by atoms with Crippen LogP contribution in [0.3, 0.4) is 0 Å². The number of ether oxygens (including phenoxy) is 3. The fourth-order valence-corrected chi connectivity index (χ4v) is 6.63. The van der Waals surface area contributed by atoms with E-state index in [0.717, 1.165) is 18.4 Å². The first-order chi connectivity index (χ1) is 21.1. The highest BCUT2D eigenvalue weighted by Crippen LogP contribution is 2.62. The van der Waals surface area contributed by atoms with Gasteiger partial charge in [-0.2, -0.15) is 5.09 Å².